The summed E-state index contributed by atoms with van der Waals surface area (Å²) < 4.78 is 0. The quantitative estimate of drug-likeness (QED) is 0.939. The second-order valence-corrected chi connectivity index (χ2v) is 5.74. The van der Waals surface area contributed by atoms with E-state index in [2.05, 4.69) is 36.1 Å². The number of aromatic carboxylic acids is 1. The van der Waals surface area contributed by atoms with Crippen molar-refractivity contribution in [2.24, 2.45) is 0 Å². The monoisotopic (exact) mass is 281 g/mol. The lowest BCUT2D eigenvalue weighted by Crippen LogP contribution is -2.30. The molecule has 108 valence electrons. The largest absolute Gasteiger partial charge is 0.478 e. The van der Waals surface area contributed by atoms with Crippen LogP contribution in [-0.2, 0) is 19.5 Å². The highest BCUT2D eigenvalue weighted by Gasteiger charge is 2.17. The molecule has 2 aromatic carbocycles. The number of aryl methyl sites for hydroxylation is 1. The average molecular weight is 281 g/mol. The lowest BCUT2D eigenvalue weighted by atomic mass is 9.97. The van der Waals surface area contributed by atoms with Crippen LogP contribution in [0, 0.1) is 6.92 Å². The van der Waals surface area contributed by atoms with Crippen molar-refractivity contribution in [3.05, 3.63) is 70.3 Å². The van der Waals surface area contributed by atoms with Crippen molar-refractivity contribution in [3.8, 4) is 0 Å². The zero-order chi connectivity index (χ0) is 14.8. The van der Waals surface area contributed by atoms with Crippen LogP contribution < -0.4 is 0 Å². The zero-order valence-electron chi connectivity index (χ0n) is 12.2. The van der Waals surface area contributed by atoms with Crippen molar-refractivity contribution in [2.75, 3.05) is 6.54 Å². The number of rotatable bonds is 3. The first kappa shape index (κ1) is 13.8. The molecule has 0 fully saturated rings. The molecule has 0 aliphatic carbocycles. The Balaban J connectivity index is 1.77. The smallest absolute Gasteiger partial charge is 0.335 e. The minimum Gasteiger partial charge on any atom is -0.478 e. The van der Waals surface area contributed by atoms with Gasteiger partial charge in [0, 0.05) is 19.6 Å². The van der Waals surface area contributed by atoms with Crippen molar-refractivity contribution < 1.29 is 9.90 Å². The lowest BCUT2D eigenvalue weighted by Gasteiger charge is -2.29. The maximum absolute atomic E-state index is 11.1. The summed E-state index contributed by atoms with van der Waals surface area (Å²) in [6.07, 6.45) is 0.987. The van der Waals surface area contributed by atoms with Crippen molar-refractivity contribution in [1.29, 1.82) is 0 Å². The second kappa shape index (κ2) is 5.70. The molecule has 1 heterocycles. The van der Waals surface area contributed by atoms with Crippen LogP contribution in [-0.4, -0.2) is 22.5 Å². The number of carboxylic acids is 1. The molecule has 0 bridgehead atoms. The third kappa shape index (κ3) is 3.14. The normalized spacial score (nSPS) is 14.7. The molecule has 0 aromatic heterocycles. The molecule has 0 saturated heterocycles. The van der Waals surface area contributed by atoms with E-state index in [1.54, 1.807) is 6.07 Å². The molecule has 2 aromatic rings. The minimum atomic E-state index is -0.853. The summed E-state index contributed by atoms with van der Waals surface area (Å²) in [4.78, 5) is 13.5. The van der Waals surface area contributed by atoms with Gasteiger partial charge in [0.1, 0.15) is 0 Å². The van der Waals surface area contributed by atoms with E-state index < -0.39 is 5.97 Å². The van der Waals surface area contributed by atoms with Gasteiger partial charge in [0.15, 0.2) is 0 Å². The highest BCUT2D eigenvalue weighted by Crippen LogP contribution is 2.22. The highest BCUT2D eigenvalue weighted by molar-refractivity contribution is 5.87. The lowest BCUT2D eigenvalue weighted by molar-refractivity contribution is 0.0696. The van der Waals surface area contributed by atoms with Crippen LogP contribution in [0.1, 0.15) is 32.6 Å². The summed E-state index contributed by atoms with van der Waals surface area (Å²) in [6, 6.07) is 14.0. The fraction of sp³-hybridized carbons (Fsp3) is 0.278. The summed E-state index contributed by atoms with van der Waals surface area (Å²) in [5.74, 6) is -0.853. The van der Waals surface area contributed by atoms with Crippen LogP contribution in [0.5, 0.6) is 0 Å². The minimum absolute atomic E-state index is 0.381. The van der Waals surface area contributed by atoms with E-state index in [0.29, 0.717) is 5.56 Å². The van der Waals surface area contributed by atoms with Crippen molar-refractivity contribution in [2.45, 2.75) is 26.4 Å². The first-order valence-corrected chi connectivity index (χ1v) is 7.25. The van der Waals surface area contributed by atoms with Crippen LogP contribution in [0.4, 0.5) is 0 Å². The first-order chi connectivity index (χ1) is 10.1. The molecule has 0 saturated carbocycles. The van der Waals surface area contributed by atoms with Gasteiger partial charge in [-0.3, -0.25) is 4.90 Å². The number of hydrogen-bond acceptors (Lipinski definition) is 2. The Labute approximate surface area is 124 Å². The van der Waals surface area contributed by atoms with Crippen molar-refractivity contribution in [3.63, 3.8) is 0 Å². The van der Waals surface area contributed by atoms with E-state index in [1.807, 2.05) is 12.1 Å². The third-order valence-corrected chi connectivity index (χ3v) is 4.03. The third-order valence-electron chi connectivity index (χ3n) is 4.03. The fourth-order valence-electron chi connectivity index (χ4n) is 2.95. The molecule has 3 heteroatoms. The summed E-state index contributed by atoms with van der Waals surface area (Å²) in [5, 5.41) is 9.10. The maximum Gasteiger partial charge on any atom is 0.335 e. The number of fused-ring (bicyclic) bond motifs is 1. The molecule has 3 rings (SSSR count). The topological polar surface area (TPSA) is 40.5 Å². The maximum atomic E-state index is 11.1. The van der Waals surface area contributed by atoms with Gasteiger partial charge in [-0.1, -0.05) is 35.9 Å². The molecule has 1 N–H and O–H groups in total. The van der Waals surface area contributed by atoms with Crippen molar-refractivity contribution in [1.82, 2.24) is 4.90 Å². The van der Waals surface area contributed by atoms with Gasteiger partial charge in [-0.05, 0) is 42.2 Å². The van der Waals surface area contributed by atoms with Gasteiger partial charge in [0.25, 0.3) is 0 Å². The molecule has 0 unspecified atom stereocenters. The molecule has 0 amide bonds. The van der Waals surface area contributed by atoms with Gasteiger partial charge in [0.2, 0.25) is 0 Å². The first-order valence-electron chi connectivity index (χ1n) is 7.25. The molecule has 1 aliphatic rings. The van der Waals surface area contributed by atoms with Crippen molar-refractivity contribution >= 4 is 5.97 Å². The molecular formula is C18H19NO2. The molecule has 0 atom stereocenters. The molecule has 3 nitrogen and oxygen atoms in total. The molecule has 1 aliphatic heterocycles. The number of nitrogens with zero attached hydrogens (tertiary/aromatic N) is 1. The number of carboxylic acid groups (broad SMARTS) is 1. The van der Waals surface area contributed by atoms with E-state index in [4.69, 9.17) is 5.11 Å². The Hall–Kier alpha value is -2.13. The molecule has 0 spiro atoms. The average Bonchev–Trinajstić information content (AvgIpc) is 2.46. The Morgan fingerprint density at radius 1 is 1.19 bits per heavy atom. The van der Waals surface area contributed by atoms with Crippen LogP contribution in [0.25, 0.3) is 0 Å². The van der Waals surface area contributed by atoms with Gasteiger partial charge in [-0.2, -0.15) is 0 Å². The predicted octanol–water partition coefficient (Wildman–Crippen LogP) is 3.25. The summed E-state index contributed by atoms with van der Waals surface area (Å²) >= 11 is 0. The second-order valence-electron chi connectivity index (χ2n) is 5.74. The van der Waals surface area contributed by atoms with E-state index in [-0.39, 0.29) is 0 Å². The number of hydrogen-bond donors (Lipinski definition) is 1. The predicted molar refractivity (Wildman–Crippen MR) is 82.4 cm³/mol. The summed E-state index contributed by atoms with van der Waals surface area (Å²) in [7, 11) is 0. The van der Waals surface area contributed by atoms with E-state index >= 15 is 0 Å². The highest BCUT2D eigenvalue weighted by atomic mass is 16.4. The van der Waals surface area contributed by atoms with Gasteiger partial charge < -0.3 is 5.11 Å². The van der Waals surface area contributed by atoms with Crippen LogP contribution in [0.2, 0.25) is 0 Å². The van der Waals surface area contributed by atoms with Gasteiger partial charge in [0.05, 0.1) is 5.56 Å². The van der Waals surface area contributed by atoms with Crippen LogP contribution in [0.3, 0.4) is 0 Å². The molecular weight excluding hydrogens is 262 g/mol. The zero-order valence-corrected chi connectivity index (χ0v) is 12.2. The van der Waals surface area contributed by atoms with E-state index in [9.17, 15) is 4.79 Å². The molecule has 21 heavy (non-hydrogen) atoms. The number of benzene rings is 2. The van der Waals surface area contributed by atoms with Gasteiger partial charge >= 0.3 is 5.97 Å². The Kier molecular flexibility index (Phi) is 3.76. The van der Waals surface area contributed by atoms with Crippen LogP contribution in [0.15, 0.2) is 42.5 Å². The van der Waals surface area contributed by atoms with E-state index in [1.165, 1.54) is 16.7 Å². The van der Waals surface area contributed by atoms with Crippen LogP contribution >= 0.6 is 0 Å². The molecule has 0 radical (unpaired) electrons. The SMILES string of the molecule is Cc1cccc(CN2CCc3ccc(C(=O)O)cc3C2)c1. The Morgan fingerprint density at radius 2 is 2.05 bits per heavy atom. The number of carbonyl (C=O) groups is 1. The van der Waals surface area contributed by atoms with Gasteiger partial charge in [-0.15, -0.1) is 0 Å². The Bertz CT molecular complexity index is 679. The Morgan fingerprint density at radius 3 is 2.81 bits per heavy atom. The van der Waals surface area contributed by atoms with E-state index in [0.717, 1.165) is 31.6 Å². The fourth-order valence-corrected chi connectivity index (χ4v) is 2.95. The summed E-state index contributed by atoms with van der Waals surface area (Å²) in [5.41, 5.74) is 5.39. The standard InChI is InChI=1S/C18H19NO2/c1-13-3-2-4-14(9-13)11-19-8-7-15-5-6-16(18(20)21)10-17(15)12-19/h2-6,9-10H,7-8,11-12H2,1H3,(H,20,21). The van der Waals surface area contributed by atoms with Gasteiger partial charge in [-0.25, -0.2) is 4.79 Å². The summed E-state index contributed by atoms with van der Waals surface area (Å²) in [6.45, 7) is 4.87.